The van der Waals surface area contributed by atoms with E-state index in [4.69, 9.17) is 16.0 Å². The summed E-state index contributed by atoms with van der Waals surface area (Å²) >= 11 is 5.67. The van der Waals surface area contributed by atoms with Gasteiger partial charge < -0.3 is 9.32 Å². The number of hydrogen-bond acceptors (Lipinski definition) is 5. The molecule has 0 bridgehead atoms. The van der Waals surface area contributed by atoms with Crippen molar-refractivity contribution in [3.05, 3.63) is 35.1 Å². The minimum Gasteiger partial charge on any atom is -0.469 e. The molecule has 0 amide bonds. The molecule has 0 aliphatic heterocycles. The molecule has 0 saturated heterocycles. The lowest BCUT2D eigenvalue weighted by atomic mass is 10.2. The van der Waals surface area contributed by atoms with Gasteiger partial charge in [0.05, 0.1) is 12.5 Å². The van der Waals surface area contributed by atoms with Crippen molar-refractivity contribution in [1.29, 1.82) is 0 Å². The molecule has 2 heterocycles. The summed E-state index contributed by atoms with van der Waals surface area (Å²) in [5, 5.41) is 7.49. The largest absolute Gasteiger partial charge is 0.469 e. The Bertz CT molecular complexity index is 485. The highest BCUT2D eigenvalue weighted by Crippen LogP contribution is 2.15. The summed E-state index contributed by atoms with van der Waals surface area (Å²) in [5.41, 5.74) is 1.11. The van der Waals surface area contributed by atoms with Crippen LogP contribution in [0.25, 0.3) is 0 Å². The van der Waals surface area contributed by atoms with Crippen molar-refractivity contribution >= 4 is 17.4 Å². The van der Waals surface area contributed by atoms with E-state index in [1.54, 1.807) is 12.5 Å². The van der Waals surface area contributed by atoms with E-state index in [9.17, 15) is 0 Å². The van der Waals surface area contributed by atoms with Gasteiger partial charge in [-0.25, -0.2) is 0 Å². The maximum atomic E-state index is 5.67. The first-order chi connectivity index (χ1) is 7.66. The number of rotatable bonds is 3. The van der Waals surface area contributed by atoms with Crippen LogP contribution in [0, 0.1) is 6.92 Å². The fraction of sp³-hybridized carbons (Fsp3) is 0.300. The van der Waals surface area contributed by atoms with Crippen LogP contribution in [0.4, 0.5) is 5.82 Å². The Morgan fingerprint density at radius 3 is 2.94 bits per heavy atom. The number of hydrogen-bond donors (Lipinski definition) is 0. The van der Waals surface area contributed by atoms with Crippen LogP contribution in [0.1, 0.15) is 11.3 Å². The number of anilines is 1. The first-order valence-corrected chi connectivity index (χ1v) is 5.14. The van der Waals surface area contributed by atoms with Gasteiger partial charge in [-0.1, -0.05) is 0 Å². The molecule has 0 aliphatic carbocycles. The Labute approximate surface area is 98.1 Å². The summed E-state index contributed by atoms with van der Waals surface area (Å²) in [6, 6.07) is 1.93. The molecule has 0 N–H and O–H groups in total. The molecule has 0 atom stereocenters. The number of halogens is 1. The van der Waals surface area contributed by atoms with E-state index in [1.165, 1.54) is 0 Å². The van der Waals surface area contributed by atoms with Crippen LogP contribution in [-0.4, -0.2) is 22.2 Å². The van der Waals surface area contributed by atoms with E-state index in [1.807, 2.05) is 24.9 Å². The SMILES string of the molecule is Cc1occc1CN(C)c1cnnc(Cl)n1. The van der Waals surface area contributed by atoms with E-state index in [2.05, 4.69) is 15.2 Å². The zero-order valence-corrected chi connectivity index (χ0v) is 9.77. The molecule has 0 unspecified atom stereocenters. The van der Waals surface area contributed by atoms with Crippen LogP contribution in [0.5, 0.6) is 0 Å². The summed E-state index contributed by atoms with van der Waals surface area (Å²) < 4.78 is 5.22. The smallest absolute Gasteiger partial charge is 0.244 e. The van der Waals surface area contributed by atoms with Crippen LogP contribution >= 0.6 is 11.6 Å². The van der Waals surface area contributed by atoms with Gasteiger partial charge >= 0.3 is 0 Å². The van der Waals surface area contributed by atoms with Gasteiger partial charge in [0.1, 0.15) is 5.76 Å². The maximum Gasteiger partial charge on any atom is 0.244 e. The van der Waals surface area contributed by atoms with E-state index in [0.717, 1.165) is 11.3 Å². The zero-order chi connectivity index (χ0) is 11.5. The van der Waals surface area contributed by atoms with Crippen molar-refractivity contribution in [3.63, 3.8) is 0 Å². The molecule has 84 valence electrons. The van der Waals surface area contributed by atoms with Gasteiger partial charge in [0.25, 0.3) is 0 Å². The summed E-state index contributed by atoms with van der Waals surface area (Å²) in [4.78, 5) is 6.00. The molecular formula is C10H11ClN4O. The van der Waals surface area contributed by atoms with Crippen LogP contribution in [0.2, 0.25) is 5.28 Å². The monoisotopic (exact) mass is 238 g/mol. The second-order valence-corrected chi connectivity index (χ2v) is 3.78. The first-order valence-electron chi connectivity index (χ1n) is 4.76. The van der Waals surface area contributed by atoms with Crippen molar-refractivity contribution < 1.29 is 4.42 Å². The topological polar surface area (TPSA) is 55.1 Å². The third-order valence-electron chi connectivity index (χ3n) is 2.29. The van der Waals surface area contributed by atoms with E-state index in [0.29, 0.717) is 12.4 Å². The van der Waals surface area contributed by atoms with Gasteiger partial charge in [-0.3, -0.25) is 0 Å². The molecular weight excluding hydrogens is 228 g/mol. The van der Waals surface area contributed by atoms with Crippen LogP contribution < -0.4 is 4.90 Å². The van der Waals surface area contributed by atoms with Gasteiger partial charge in [-0.15, -0.1) is 5.10 Å². The molecule has 2 aromatic rings. The van der Waals surface area contributed by atoms with Gasteiger partial charge in [0.2, 0.25) is 5.28 Å². The highest BCUT2D eigenvalue weighted by molar-refractivity contribution is 6.28. The van der Waals surface area contributed by atoms with Crippen molar-refractivity contribution in [2.24, 2.45) is 0 Å². The third kappa shape index (κ3) is 2.30. The third-order valence-corrected chi connectivity index (χ3v) is 2.45. The summed E-state index contributed by atoms with van der Waals surface area (Å²) in [6.45, 7) is 2.62. The molecule has 6 heteroatoms. The number of aryl methyl sites for hydroxylation is 1. The fourth-order valence-corrected chi connectivity index (χ4v) is 1.50. The van der Waals surface area contributed by atoms with Crippen LogP contribution in [0.3, 0.4) is 0 Å². The molecule has 0 saturated carbocycles. The molecule has 0 aromatic carbocycles. The average molecular weight is 239 g/mol. The second kappa shape index (κ2) is 4.49. The second-order valence-electron chi connectivity index (χ2n) is 3.44. The predicted octanol–water partition coefficient (Wildman–Crippen LogP) is 2.06. The molecule has 5 nitrogen and oxygen atoms in total. The van der Waals surface area contributed by atoms with Gasteiger partial charge in [-0.05, 0) is 24.6 Å². The predicted molar refractivity (Wildman–Crippen MR) is 60.4 cm³/mol. The molecule has 16 heavy (non-hydrogen) atoms. The molecule has 0 aliphatic rings. The molecule has 0 fully saturated rings. The van der Waals surface area contributed by atoms with Crippen molar-refractivity contribution in [1.82, 2.24) is 15.2 Å². The lowest BCUT2D eigenvalue weighted by molar-refractivity contribution is 0.529. The van der Waals surface area contributed by atoms with E-state index >= 15 is 0 Å². The quantitative estimate of drug-likeness (QED) is 0.819. The van der Waals surface area contributed by atoms with Crippen LogP contribution in [-0.2, 0) is 6.54 Å². The summed E-state index contributed by atoms with van der Waals surface area (Å²) in [7, 11) is 1.91. The molecule has 0 radical (unpaired) electrons. The number of furan rings is 1. The Hall–Kier alpha value is -1.62. The summed E-state index contributed by atoms with van der Waals surface area (Å²) in [6.07, 6.45) is 3.24. The minimum atomic E-state index is 0.147. The number of aromatic nitrogens is 3. The van der Waals surface area contributed by atoms with Crippen molar-refractivity contribution in [3.8, 4) is 0 Å². The Kier molecular flexibility index (Phi) is 3.05. The Morgan fingerprint density at radius 2 is 2.31 bits per heavy atom. The fourth-order valence-electron chi connectivity index (χ4n) is 1.37. The molecule has 2 aromatic heterocycles. The first kappa shape index (κ1) is 10.9. The van der Waals surface area contributed by atoms with Gasteiger partial charge in [0.15, 0.2) is 5.82 Å². The molecule has 2 rings (SSSR count). The summed E-state index contributed by atoms with van der Waals surface area (Å²) in [5.74, 6) is 1.58. The number of nitrogens with zero attached hydrogens (tertiary/aromatic N) is 4. The van der Waals surface area contributed by atoms with E-state index < -0.39 is 0 Å². The van der Waals surface area contributed by atoms with E-state index in [-0.39, 0.29) is 5.28 Å². The average Bonchev–Trinajstić information content (AvgIpc) is 2.64. The van der Waals surface area contributed by atoms with Gasteiger partial charge in [0, 0.05) is 19.2 Å². The Morgan fingerprint density at radius 1 is 1.50 bits per heavy atom. The van der Waals surface area contributed by atoms with Gasteiger partial charge in [-0.2, -0.15) is 10.1 Å². The molecule has 0 spiro atoms. The van der Waals surface area contributed by atoms with Crippen molar-refractivity contribution in [2.45, 2.75) is 13.5 Å². The highest BCUT2D eigenvalue weighted by Gasteiger charge is 2.08. The van der Waals surface area contributed by atoms with Crippen molar-refractivity contribution in [2.75, 3.05) is 11.9 Å². The maximum absolute atomic E-state index is 5.67. The Balaban J connectivity index is 2.14. The highest BCUT2D eigenvalue weighted by atomic mass is 35.5. The standard InChI is InChI=1S/C10H11ClN4O/c1-7-8(3-4-16-7)6-15(2)9-5-12-14-10(11)13-9/h3-5H,6H2,1-2H3. The normalized spacial score (nSPS) is 10.4. The lowest BCUT2D eigenvalue weighted by Crippen LogP contribution is -2.18. The lowest BCUT2D eigenvalue weighted by Gasteiger charge is -2.16. The minimum absolute atomic E-state index is 0.147. The zero-order valence-electron chi connectivity index (χ0n) is 9.01. The van der Waals surface area contributed by atoms with Crippen LogP contribution in [0.15, 0.2) is 22.9 Å².